The van der Waals surface area contributed by atoms with Gasteiger partial charge in [0.15, 0.2) is 0 Å². The minimum atomic E-state index is -0.125. The molecule has 0 saturated carbocycles. The minimum absolute atomic E-state index is 0.122. The van der Waals surface area contributed by atoms with Crippen LogP contribution in [-0.4, -0.2) is 40.0 Å². The number of benzene rings is 1. The number of piperidine rings is 1. The maximum atomic E-state index is 12.7. The van der Waals surface area contributed by atoms with Crippen LogP contribution in [0.15, 0.2) is 34.9 Å². The number of nitrogens with one attached hydrogen (secondary N) is 2. The normalized spacial score (nSPS) is 17.4. The Morgan fingerprint density at radius 2 is 2.20 bits per heavy atom. The molecule has 7 heteroatoms. The van der Waals surface area contributed by atoms with E-state index in [4.69, 9.17) is 0 Å². The van der Waals surface area contributed by atoms with Gasteiger partial charge in [0.2, 0.25) is 11.8 Å². The van der Waals surface area contributed by atoms with Gasteiger partial charge in [-0.25, -0.2) is 0 Å². The van der Waals surface area contributed by atoms with E-state index >= 15 is 0 Å². The predicted octanol–water partition coefficient (Wildman–Crippen LogP) is 3.08. The minimum Gasteiger partial charge on any atom is -0.342 e. The second-order valence-electron chi connectivity index (χ2n) is 6.33. The van der Waals surface area contributed by atoms with Crippen molar-refractivity contribution in [3.05, 3.63) is 46.2 Å². The molecule has 6 nitrogen and oxygen atoms in total. The van der Waals surface area contributed by atoms with E-state index < -0.39 is 0 Å². The summed E-state index contributed by atoms with van der Waals surface area (Å²) in [5.41, 5.74) is 2.60. The van der Waals surface area contributed by atoms with Gasteiger partial charge in [-0.2, -0.15) is 5.10 Å². The topological polar surface area (TPSA) is 78.1 Å². The largest absolute Gasteiger partial charge is 0.342 e. The van der Waals surface area contributed by atoms with Crippen LogP contribution in [0, 0.1) is 0 Å². The highest BCUT2D eigenvalue weighted by atomic mass is 79.9. The number of carbonyl (C=O) groups is 2. The highest BCUT2D eigenvalue weighted by molar-refractivity contribution is 9.10. The Kier molecular flexibility index (Phi) is 5.53. The quantitative estimate of drug-likeness (QED) is 0.821. The average molecular weight is 405 g/mol. The number of anilines is 1. The number of hydrogen-bond donors (Lipinski definition) is 2. The summed E-state index contributed by atoms with van der Waals surface area (Å²) in [6.45, 7) is 2.88. The summed E-state index contributed by atoms with van der Waals surface area (Å²) in [7, 11) is 0. The van der Waals surface area contributed by atoms with Crippen LogP contribution in [0.2, 0.25) is 0 Å². The van der Waals surface area contributed by atoms with E-state index in [1.807, 2.05) is 29.2 Å². The molecule has 1 atom stereocenters. The number of aromatic amines is 1. The maximum Gasteiger partial charge on any atom is 0.227 e. The molecule has 0 aliphatic carbocycles. The zero-order valence-electron chi connectivity index (χ0n) is 14.1. The molecule has 0 unspecified atom stereocenters. The predicted molar refractivity (Wildman–Crippen MR) is 99.3 cm³/mol. The molecule has 1 fully saturated rings. The SMILES string of the molecule is CC(=O)Nc1cn[nH]c1[C@H]1CCCN(C(=O)Cc2ccccc2Br)C1. The molecule has 2 aromatic rings. The number of hydrogen-bond acceptors (Lipinski definition) is 3. The van der Waals surface area contributed by atoms with E-state index in [-0.39, 0.29) is 17.7 Å². The number of rotatable bonds is 4. The van der Waals surface area contributed by atoms with Gasteiger partial charge in [0, 0.05) is 30.4 Å². The highest BCUT2D eigenvalue weighted by Crippen LogP contribution is 2.30. The van der Waals surface area contributed by atoms with Crippen LogP contribution in [0.4, 0.5) is 5.69 Å². The molecule has 2 N–H and O–H groups in total. The first-order valence-electron chi connectivity index (χ1n) is 8.36. The summed E-state index contributed by atoms with van der Waals surface area (Å²) in [4.78, 5) is 25.9. The monoisotopic (exact) mass is 404 g/mol. The molecule has 0 radical (unpaired) electrons. The first-order chi connectivity index (χ1) is 12.0. The fourth-order valence-corrected chi connectivity index (χ4v) is 3.68. The van der Waals surface area contributed by atoms with E-state index in [9.17, 15) is 9.59 Å². The molecule has 2 amide bonds. The van der Waals surface area contributed by atoms with Gasteiger partial charge < -0.3 is 10.2 Å². The first kappa shape index (κ1) is 17.7. The summed E-state index contributed by atoms with van der Waals surface area (Å²) in [5.74, 6) is 0.152. The van der Waals surface area contributed by atoms with Gasteiger partial charge in [0.05, 0.1) is 24.0 Å². The van der Waals surface area contributed by atoms with Gasteiger partial charge in [-0.15, -0.1) is 0 Å². The maximum absolute atomic E-state index is 12.7. The van der Waals surface area contributed by atoms with Crippen LogP contribution in [0.1, 0.15) is 36.9 Å². The smallest absolute Gasteiger partial charge is 0.227 e. The molecular formula is C18H21BrN4O2. The van der Waals surface area contributed by atoms with E-state index in [1.165, 1.54) is 6.92 Å². The standard InChI is InChI=1S/C18H21BrN4O2/c1-12(24)21-16-10-20-22-18(16)14-6-4-8-23(11-14)17(25)9-13-5-2-3-7-15(13)19/h2-3,5,7,10,14H,4,6,8-9,11H2,1H3,(H,20,22)(H,21,24)/t14-/m0/s1. The molecule has 25 heavy (non-hydrogen) atoms. The third-order valence-corrected chi connectivity index (χ3v) is 5.23. The van der Waals surface area contributed by atoms with E-state index in [1.54, 1.807) is 6.20 Å². The van der Waals surface area contributed by atoms with Crippen LogP contribution in [0.25, 0.3) is 0 Å². The lowest BCUT2D eigenvalue weighted by atomic mass is 9.93. The molecule has 132 valence electrons. The number of nitrogens with zero attached hydrogens (tertiary/aromatic N) is 2. The molecular weight excluding hydrogens is 384 g/mol. The molecule has 1 aliphatic heterocycles. The lowest BCUT2D eigenvalue weighted by Crippen LogP contribution is -2.40. The highest BCUT2D eigenvalue weighted by Gasteiger charge is 2.27. The number of aromatic nitrogens is 2. The fraction of sp³-hybridized carbons (Fsp3) is 0.389. The zero-order valence-corrected chi connectivity index (χ0v) is 15.7. The molecule has 1 aliphatic rings. The lowest BCUT2D eigenvalue weighted by molar-refractivity contribution is -0.131. The van der Waals surface area contributed by atoms with E-state index in [0.29, 0.717) is 18.7 Å². The fourth-order valence-electron chi connectivity index (χ4n) is 3.25. The van der Waals surface area contributed by atoms with Crippen LogP contribution in [-0.2, 0) is 16.0 Å². The first-order valence-corrected chi connectivity index (χ1v) is 9.16. The van der Waals surface area contributed by atoms with Gasteiger partial charge >= 0.3 is 0 Å². The summed E-state index contributed by atoms with van der Waals surface area (Å²) >= 11 is 3.50. The van der Waals surface area contributed by atoms with Gasteiger partial charge in [0.25, 0.3) is 0 Å². The van der Waals surface area contributed by atoms with Crippen molar-refractivity contribution in [1.29, 1.82) is 0 Å². The summed E-state index contributed by atoms with van der Waals surface area (Å²) in [5, 5.41) is 9.84. The van der Waals surface area contributed by atoms with Crippen LogP contribution in [0.3, 0.4) is 0 Å². The van der Waals surface area contributed by atoms with Gasteiger partial charge in [-0.05, 0) is 24.5 Å². The van der Waals surface area contributed by atoms with Gasteiger partial charge in [0.1, 0.15) is 0 Å². The second kappa shape index (κ2) is 7.82. The summed E-state index contributed by atoms with van der Waals surface area (Å²) in [6.07, 6.45) is 3.91. The van der Waals surface area contributed by atoms with Gasteiger partial charge in [-0.3, -0.25) is 14.7 Å². The van der Waals surface area contributed by atoms with Crippen molar-refractivity contribution in [2.75, 3.05) is 18.4 Å². The number of carbonyl (C=O) groups excluding carboxylic acids is 2. The van der Waals surface area contributed by atoms with Crippen LogP contribution in [0.5, 0.6) is 0 Å². The van der Waals surface area contributed by atoms with Crippen molar-refractivity contribution < 1.29 is 9.59 Å². The summed E-state index contributed by atoms with van der Waals surface area (Å²) < 4.78 is 0.957. The number of amides is 2. The van der Waals surface area contributed by atoms with Crippen molar-refractivity contribution >= 4 is 33.4 Å². The Bertz CT molecular complexity index is 774. The molecule has 2 heterocycles. The van der Waals surface area contributed by atoms with E-state index in [2.05, 4.69) is 31.4 Å². The third-order valence-electron chi connectivity index (χ3n) is 4.46. The number of halogens is 1. The lowest BCUT2D eigenvalue weighted by Gasteiger charge is -2.33. The zero-order chi connectivity index (χ0) is 17.8. The number of H-pyrrole nitrogens is 1. The van der Waals surface area contributed by atoms with E-state index in [0.717, 1.165) is 35.1 Å². The van der Waals surface area contributed by atoms with Crippen molar-refractivity contribution in [2.24, 2.45) is 0 Å². The second-order valence-corrected chi connectivity index (χ2v) is 7.18. The van der Waals surface area contributed by atoms with Crippen LogP contribution < -0.4 is 5.32 Å². The number of likely N-dealkylation sites (tertiary alicyclic amines) is 1. The Labute approximate surface area is 155 Å². The van der Waals surface area contributed by atoms with Crippen molar-refractivity contribution in [1.82, 2.24) is 15.1 Å². The third kappa shape index (κ3) is 4.28. The van der Waals surface area contributed by atoms with Crippen molar-refractivity contribution in [2.45, 2.75) is 32.1 Å². The Hall–Kier alpha value is -2.15. The average Bonchev–Trinajstić information content (AvgIpc) is 3.04. The Morgan fingerprint density at radius 3 is 2.96 bits per heavy atom. The van der Waals surface area contributed by atoms with Gasteiger partial charge in [-0.1, -0.05) is 34.1 Å². The Balaban J connectivity index is 1.69. The molecule has 3 rings (SSSR count). The summed E-state index contributed by atoms with van der Waals surface area (Å²) in [6, 6.07) is 7.80. The van der Waals surface area contributed by atoms with Crippen molar-refractivity contribution in [3.63, 3.8) is 0 Å². The van der Waals surface area contributed by atoms with Crippen molar-refractivity contribution in [3.8, 4) is 0 Å². The Morgan fingerprint density at radius 1 is 1.40 bits per heavy atom. The molecule has 1 aromatic carbocycles. The molecule has 1 saturated heterocycles. The van der Waals surface area contributed by atoms with Crippen LogP contribution >= 0.6 is 15.9 Å². The molecule has 0 bridgehead atoms. The molecule has 0 spiro atoms. The molecule has 1 aromatic heterocycles.